The zero-order chi connectivity index (χ0) is 20.8. The van der Waals surface area contributed by atoms with E-state index in [9.17, 15) is 14.7 Å². The number of fused-ring (bicyclic) bond motifs is 1. The van der Waals surface area contributed by atoms with Gasteiger partial charge in [0.1, 0.15) is 11.5 Å². The van der Waals surface area contributed by atoms with Crippen LogP contribution in [0.2, 0.25) is 0 Å². The van der Waals surface area contributed by atoms with E-state index in [1.807, 2.05) is 18.2 Å². The summed E-state index contributed by atoms with van der Waals surface area (Å²) >= 11 is 0. The lowest BCUT2D eigenvalue weighted by Crippen LogP contribution is -2.13. The van der Waals surface area contributed by atoms with Crippen LogP contribution in [0.4, 0.5) is 5.82 Å². The van der Waals surface area contributed by atoms with Crippen LogP contribution in [-0.2, 0) is 11.3 Å². The molecule has 2 aliphatic carbocycles. The SMILES string of the molecule is Nc1cc(Cn2c(C(=O)O)c(C3=CC=CCC3=O)c3cc(C4CC4)ccc32)ccn1. The Morgan fingerprint density at radius 1 is 1.23 bits per heavy atom. The van der Waals surface area contributed by atoms with Crippen LogP contribution in [0.3, 0.4) is 0 Å². The fourth-order valence-electron chi connectivity index (χ4n) is 4.24. The van der Waals surface area contributed by atoms with Crippen molar-refractivity contribution in [2.24, 2.45) is 0 Å². The predicted octanol–water partition coefficient (Wildman–Crippen LogP) is 4.15. The maximum absolute atomic E-state index is 12.7. The third-order valence-electron chi connectivity index (χ3n) is 5.80. The Morgan fingerprint density at radius 3 is 2.77 bits per heavy atom. The number of anilines is 1. The van der Waals surface area contributed by atoms with E-state index in [2.05, 4.69) is 17.1 Å². The zero-order valence-electron chi connectivity index (χ0n) is 16.3. The quantitative estimate of drug-likeness (QED) is 0.671. The van der Waals surface area contributed by atoms with Crippen LogP contribution in [0.25, 0.3) is 16.5 Å². The number of Topliss-reactive ketones (excluding diaryl/α,β-unsaturated/α-hetero) is 1. The fraction of sp³-hybridized carbons (Fsp3) is 0.208. The van der Waals surface area contributed by atoms with Gasteiger partial charge in [-0.05, 0) is 54.2 Å². The van der Waals surface area contributed by atoms with E-state index in [-0.39, 0.29) is 17.9 Å². The molecular formula is C24H21N3O3. The number of ketones is 1. The van der Waals surface area contributed by atoms with Crippen LogP contribution >= 0.6 is 0 Å². The van der Waals surface area contributed by atoms with Crippen molar-refractivity contribution in [1.29, 1.82) is 0 Å². The number of allylic oxidation sites excluding steroid dienone is 4. The molecule has 2 aromatic heterocycles. The van der Waals surface area contributed by atoms with Crippen molar-refractivity contribution >= 4 is 34.0 Å². The van der Waals surface area contributed by atoms with Crippen molar-refractivity contribution in [2.75, 3.05) is 5.73 Å². The molecule has 0 unspecified atom stereocenters. The molecule has 0 radical (unpaired) electrons. The highest BCUT2D eigenvalue weighted by atomic mass is 16.4. The first-order valence-corrected chi connectivity index (χ1v) is 10.0. The molecule has 0 bridgehead atoms. The van der Waals surface area contributed by atoms with Crippen molar-refractivity contribution in [3.05, 3.63) is 77.1 Å². The number of carboxylic acid groups (broad SMARTS) is 1. The number of pyridine rings is 1. The summed E-state index contributed by atoms with van der Waals surface area (Å²) in [6.07, 6.45) is 9.52. The monoisotopic (exact) mass is 399 g/mol. The van der Waals surface area contributed by atoms with E-state index >= 15 is 0 Å². The Bertz CT molecular complexity index is 1260. The molecule has 0 amide bonds. The van der Waals surface area contributed by atoms with Crippen LogP contribution in [0, 0.1) is 0 Å². The van der Waals surface area contributed by atoms with Gasteiger partial charge >= 0.3 is 5.97 Å². The molecule has 6 heteroatoms. The summed E-state index contributed by atoms with van der Waals surface area (Å²) in [4.78, 5) is 29.2. The Morgan fingerprint density at radius 2 is 2.07 bits per heavy atom. The number of hydrogen-bond acceptors (Lipinski definition) is 4. The Hall–Kier alpha value is -3.67. The van der Waals surface area contributed by atoms with E-state index < -0.39 is 5.97 Å². The number of nitrogens with zero attached hydrogens (tertiary/aromatic N) is 2. The van der Waals surface area contributed by atoms with E-state index in [1.54, 1.807) is 29.0 Å². The van der Waals surface area contributed by atoms with Gasteiger partial charge in [-0.3, -0.25) is 4.79 Å². The molecule has 3 aromatic rings. The molecule has 1 aromatic carbocycles. The number of nitrogen functional groups attached to an aromatic ring is 1. The highest BCUT2D eigenvalue weighted by Gasteiger charge is 2.30. The molecule has 0 atom stereocenters. The number of hydrogen-bond donors (Lipinski definition) is 2. The van der Waals surface area contributed by atoms with E-state index in [4.69, 9.17) is 5.73 Å². The highest BCUT2D eigenvalue weighted by Crippen LogP contribution is 2.43. The lowest BCUT2D eigenvalue weighted by molar-refractivity contribution is -0.113. The summed E-state index contributed by atoms with van der Waals surface area (Å²) < 4.78 is 1.77. The minimum absolute atomic E-state index is 0.0657. The van der Waals surface area contributed by atoms with Crippen LogP contribution in [0.1, 0.15) is 52.4 Å². The first-order chi connectivity index (χ1) is 14.5. The maximum atomic E-state index is 12.7. The number of carbonyl (C=O) groups excluding carboxylic acids is 1. The van der Waals surface area contributed by atoms with Crippen LogP contribution < -0.4 is 5.73 Å². The number of carboxylic acids is 1. The molecular weight excluding hydrogens is 378 g/mol. The maximum Gasteiger partial charge on any atom is 0.353 e. The summed E-state index contributed by atoms with van der Waals surface area (Å²) in [6, 6.07) is 9.68. The molecule has 2 aliphatic rings. The average Bonchev–Trinajstić information content (AvgIpc) is 3.52. The van der Waals surface area contributed by atoms with Gasteiger partial charge in [0, 0.05) is 41.2 Å². The van der Waals surface area contributed by atoms with Crippen molar-refractivity contribution in [3.63, 3.8) is 0 Å². The molecule has 150 valence electrons. The van der Waals surface area contributed by atoms with Gasteiger partial charge in [-0.2, -0.15) is 0 Å². The number of benzene rings is 1. The standard InChI is InChI=1S/C24H21N3O3/c25-21-11-14(9-10-26-21)13-27-19-8-7-16(15-5-6-15)12-18(19)22(23(27)24(29)30)17-3-1-2-4-20(17)28/h1-3,7-12,15H,4-6,13H2,(H2,25,26)(H,29,30). The van der Waals surface area contributed by atoms with Crippen LogP contribution in [0.15, 0.2) is 54.8 Å². The van der Waals surface area contributed by atoms with Gasteiger partial charge in [-0.25, -0.2) is 9.78 Å². The molecule has 1 fully saturated rings. The molecule has 0 spiro atoms. The van der Waals surface area contributed by atoms with Gasteiger partial charge in [0.25, 0.3) is 0 Å². The number of carbonyl (C=O) groups is 2. The fourth-order valence-corrected chi connectivity index (χ4v) is 4.24. The molecule has 2 heterocycles. The third-order valence-corrected chi connectivity index (χ3v) is 5.80. The van der Waals surface area contributed by atoms with Crippen LogP contribution in [0.5, 0.6) is 0 Å². The Labute approximate surface area is 173 Å². The largest absolute Gasteiger partial charge is 0.477 e. The van der Waals surface area contributed by atoms with E-state index in [0.717, 1.165) is 29.3 Å². The zero-order valence-corrected chi connectivity index (χ0v) is 16.3. The third kappa shape index (κ3) is 3.10. The second-order valence-corrected chi connectivity index (χ2v) is 7.89. The van der Waals surface area contributed by atoms with Gasteiger partial charge in [0.2, 0.25) is 0 Å². The summed E-state index contributed by atoms with van der Waals surface area (Å²) in [5.74, 6) is -0.217. The van der Waals surface area contributed by atoms with Gasteiger partial charge in [-0.15, -0.1) is 0 Å². The summed E-state index contributed by atoms with van der Waals surface area (Å²) in [5.41, 5.74) is 9.77. The molecule has 5 rings (SSSR count). The molecule has 0 aliphatic heterocycles. The van der Waals surface area contributed by atoms with E-state index in [1.165, 1.54) is 5.56 Å². The van der Waals surface area contributed by atoms with Gasteiger partial charge in [0.15, 0.2) is 5.78 Å². The predicted molar refractivity (Wildman–Crippen MR) is 115 cm³/mol. The molecule has 1 saturated carbocycles. The summed E-state index contributed by atoms with van der Waals surface area (Å²) in [6.45, 7) is 0.324. The van der Waals surface area contributed by atoms with Crippen molar-refractivity contribution in [1.82, 2.24) is 9.55 Å². The first kappa shape index (κ1) is 18.4. The second kappa shape index (κ2) is 6.99. The van der Waals surface area contributed by atoms with E-state index in [0.29, 0.717) is 29.4 Å². The molecule has 30 heavy (non-hydrogen) atoms. The minimum atomic E-state index is -1.06. The van der Waals surface area contributed by atoms with Gasteiger partial charge < -0.3 is 15.4 Å². The molecule has 6 nitrogen and oxygen atoms in total. The van der Waals surface area contributed by atoms with Crippen molar-refractivity contribution < 1.29 is 14.7 Å². The molecule has 3 N–H and O–H groups in total. The number of aromatic nitrogens is 2. The first-order valence-electron chi connectivity index (χ1n) is 10.0. The number of nitrogens with two attached hydrogens (primary N) is 1. The summed E-state index contributed by atoms with van der Waals surface area (Å²) in [5, 5.41) is 11.0. The lowest BCUT2D eigenvalue weighted by Gasteiger charge is -2.11. The average molecular weight is 399 g/mol. The highest BCUT2D eigenvalue weighted by molar-refractivity contribution is 6.27. The molecule has 0 saturated heterocycles. The Balaban J connectivity index is 1.79. The number of rotatable bonds is 5. The van der Waals surface area contributed by atoms with Gasteiger partial charge in [0.05, 0.1) is 0 Å². The van der Waals surface area contributed by atoms with Gasteiger partial charge in [-0.1, -0.05) is 24.3 Å². The minimum Gasteiger partial charge on any atom is -0.477 e. The summed E-state index contributed by atoms with van der Waals surface area (Å²) in [7, 11) is 0. The van der Waals surface area contributed by atoms with Crippen LogP contribution in [-0.4, -0.2) is 26.4 Å². The normalized spacial score (nSPS) is 16.1. The number of aromatic carboxylic acids is 1. The van der Waals surface area contributed by atoms with Crippen molar-refractivity contribution in [3.8, 4) is 0 Å². The lowest BCUT2D eigenvalue weighted by atomic mass is 9.93. The topological polar surface area (TPSA) is 98.2 Å². The Kier molecular flexibility index (Phi) is 4.28. The van der Waals surface area contributed by atoms with Crippen molar-refractivity contribution in [2.45, 2.75) is 31.7 Å². The second-order valence-electron chi connectivity index (χ2n) is 7.89. The smallest absolute Gasteiger partial charge is 0.353 e.